The fourth-order valence-electron chi connectivity index (χ4n) is 1.40. The Morgan fingerprint density at radius 1 is 1.29 bits per heavy atom. The van der Waals surface area contributed by atoms with Crippen molar-refractivity contribution in [3.8, 4) is 0 Å². The van der Waals surface area contributed by atoms with Crippen molar-refractivity contribution in [3.63, 3.8) is 0 Å². The van der Waals surface area contributed by atoms with Gasteiger partial charge in [0.1, 0.15) is 0 Å². The lowest BCUT2D eigenvalue weighted by atomic mass is 9.92. The molecular formula is C13H22O. The van der Waals surface area contributed by atoms with Gasteiger partial charge < -0.3 is 5.11 Å². The molecule has 0 aliphatic rings. The maximum atomic E-state index is 9.85. The maximum absolute atomic E-state index is 9.85. The number of hydrogen-bond donors (Lipinski definition) is 1. The SMILES string of the molecule is C=CC=CCC(C=C)C(O)CC(C)C. The Labute approximate surface area is 87.8 Å². The molecule has 1 N–H and O–H groups in total. The minimum Gasteiger partial charge on any atom is -0.392 e. The average molecular weight is 194 g/mol. The predicted octanol–water partition coefficient (Wildman–Crippen LogP) is 3.33. The maximum Gasteiger partial charge on any atom is 0.0608 e. The molecule has 0 aromatic rings. The average Bonchev–Trinajstić information content (AvgIpc) is 2.11. The van der Waals surface area contributed by atoms with Gasteiger partial charge in [-0.2, -0.15) is 0 Å². The van der Waals surface area contributed by atoms with Crippen LogP contribution in [0, 0.1) is 11.8 Å². The van der Waals surface area contributed by atoms with Crippen molar-refractivity contribution >= 4 is 0 Å². The number of allylic oxidation sites excluding steroid dienone is 3. The summed E-state index contributed by atoms with van der Waals surface area (Å²) in [6.07, 6.45) is 8.89. The Bertz CT molecular complexity index is 191. The predicted molar refractivity (Wildman–Crippen MR) is 63.1 cm³/mol. The summed E-state index contributed by atoms with van der Waals surface area (Å²) in [7, 11) is 0. The standard InChI is InChI=1S/C13H22O/c1-5-7-8-9-12(6-2)13(14)10-11(3)4/h5-8,11-14H,1-2,9-10H2,3-4H3. The molecule has 14 heavy (non-hydrogen) atoms. The Hall–Kier alpha value is -0.820. The molecule has 0 rings (SSSR count). The zero-order chi connectivity index (χ0) is 11.0. The minimum absolute atomic E-state index is 0.161. The van der Waals surface area contributed by atoms with Crippen LogP contribution in [0.3, 0.4) is 0 Å². The first kappa shape index (κ1) is 13.2. The van der Waals surface area contributed by atoms with Gasteiger partial charge in [-0.15, -0.1) is 6.58 Å². The first-order valence-corrected chi connectivity index (χ1v) is 5.20. The largest absolute Gasteiger partial charge is 0.392 e. The summed E-state index contributed by atoms with van der Waals surface area (Å²) in [6, 6.07) is 0. The van der Waals surface area contributed by atoms with Gasteiger partial charge in [0.2, 0.25) is 0 Å². The minimum atomic E-state index is -0.276. The quantitative estimate of drug-likeness (QED) is 0.487. The molecule has 2 unspecified atom stereocenters. The molecule has 0 heterocycles. The van der Waals surface area contributed by atoms with Gasteiger partial charge in [-0.25, -0.2) is 0 Å². The highest BCUT2D eigenvalue weighted by molar-refractivity contribution is 5.00. The van der Waals surface area contributed by atoms with Crippen LogP contribution in [-0.2, 0) is 0 Å². The molecule has 0 amide bonds. The highest BCUT2D eigenvalue weighted by Crippen LogP contribution is 2.17. The third kappa shape index (κ3) is 5.76. The summed E-state index contributed by atoms with van der Waals surface area (Å²) < 4.78 is 0. The van der Waals surface area contributed by atoms with Gasteiger partial charge in [0.25, 0.3) is 0 Å². The van der Waals surface area contributed by atoms with E-state index in [1.807, 2.05) is 18.2 Å². The van der Waals surface area contributed by atoms with Crippen molar-refractivity contribution in [3.05, 3.63) is 37.5 Å². The molecule has 0 fully saturated rings. The topological polar surface area (TPSA) is 20.2 Å². The molecule has 0 spiro atoms. The molecule has 0 aromatic heterocycles. The van der Waals surface area contributed by atoms with Crippen molar-refractivity contribution in [1.29, 1.82) is 0 Å². The third-order valence-electron chi connectivity index (χ3n) is 2.19. The first-order chi connectivity index (χ1) is 6.61. The van der Waals surface area contributed by atoms with E-state index in [0.717, 1.165) is 12.8 Å². The van der Waals surface area contributed by atoms with E-state index in [-0.39, 0.29) is 12.0 Å². The molecule has 1 heteroatoms. The molecule has 0 aromatic carbocycles. The summed E-state index contributed by atoms with van der Waals surface area (Å²) in [6.45, 7) is 11.6. The van der Waals surface area contributed by atoms with Gasteiger partial charge in [0.05, 0.1) is 6.10 Å². The highest BCUT2D eigenvalue weighted by atomic mass is 16.3. The van der Waals surface area contributed by atoms with Crippen LogP contribution in [0.2, 0.25) is 0 Å². The lowest BCUT2D eigenvalue weighted by Crippen LogP contribution is -2.19. The summed E-state index contributed by atoms with van der Waals surface area (Å²) in [5.74, 6) is 0.685. The highest BCUT2D eigenvalue weighted by Gasteiger charge is 2.15. The number of aliphatic hydroxyl groups is 1. The lowest BCUT2D eigenvalue weighted by Gasteiger charge is -2.19. The number of rotatable bonds is 7. The molecule has 80 valence electrons. The van der Waals surface area contributed by atoms with Crippen molar-refractivity contribution in [2.24, 2.45) is 11.8 Å². The second-order valence-corrected chi connectivity index (χ2v) is 4.00. The second-order valence-electron chi connectivity index (χ2n) is 4.00. The van der Waals surface area contributed by atoms with Crippen LogP contribution in [-0.4, -0.2) is 11.2 Å². The zero-order valence-corrected chi connectivity index (χ0v) is 9.32. The van der Waals surface area contributed by atoms with E-state index in [1.54, 1.807) is 6.08 Å². The summed E-state index contributed by atoms with van der Waals surface area (Å²) in [5, 5.41) is 9.85. The molecule has 0 saturated carbocycles. The summed E-state index contributed by atoms with van der Waals surface area (Å²) >= 11 is 0. The lowest BCUT2D eigenvalue weighted by molar-refractivity contribution is 0.108. The van der Waals surface area contributed by atoms with E-state index in [2.05, 4.69) is 27.0 Å². The van der Waals surface area contributed by atoms with Gasteiger partial charge in [0, 0.05) is 5.92 Å². The van der Waals surface area contributed by atoms with E-state index in [1.165, 1.54) is 0 Å². The van der Waals surface area contributed by atoms with Crippen LogP contribution < -0.4 is 0 Å². The van der Waals surface area contributed by atoms with Crippen molar-refractivity contribution < 1.29 is 5.11 Å². The van der Waals surface area contributed by atoms with Gasteiger partial charge in [0.15, 0.2) is 0 Å². The van der Waals surface area contributed by atoms with Crippen molar-refractivity contribution in [1.82, 2.24) is 0 Å². The van der Waals surface area contributed by atoms with Gasteiger partial charge in [-0.05, 0) is 18.8 Å². The fraction of sp³-hybridized carbons (Fsp3) is 0.538. The fourth-order valence-corrected chi connectivity index (χ4v) is 1.40. The van der Waals surface area contributed by atoms with Crippen LogP contribution in [0.15, 0.2) is 37.5 Å². The molecule has 0 radical (unpaired) electrons. The zero-order valence-electron chi connectivity index (χ0n) is 9.32. The third-order valence-corrected chi connectivity index (χ3v) is 2.19. The van der Waals surface area contributed by atoms with Crippen LogP contribution in [0.4, 0.5) is 0 Å². The smallest absolute Gasteiger partial charge is 0.0608 e. The van der Waals surface area contributed by atoms with E-state index < -0.39 is 0 Å². The van der Waals surface area contributed by atoms with Crippen molar-refractivity contribution in [2.75, 3.05) is 0 Å². The molecule has 0 aliphatic heterocycles. The molecule has 2 atom stereocenters. The van der Waals surface area contributed by atoms with Crippen LogP contribution >= 0.6 is 0 Å². The number of hydrogen-bond acceptors (Lipinski definition) is 1. The second kappa shape index (κ2) is 7.57. The van der Waals surface area contributed by atoms with E-state index in [0.29, 0.717) is 5.92 Å². The first-order valence-electron chi connectivity index (χ1n) is 5.20. The van der Waals surface area contributed by atoms with E-state index in [9.17, 15) is 5.11 Å². The van der Waals surface area contributed by atoms with Gasteiger partial charge in [-0.3, -0.25) is 0 Å². The molecule has 0 aliphatic carbocycles. The molecule has 0 saturated heterocycles. The van der Waals surface area contributed by atoms with Gasteiger partial charge >= 0.3 is 0 Å². The van der Waals surface area contributed by atoms with E-state index in [4.69, 9.17) is 0 Å². The van der Waals surface area contributed by atoms with Crippen LogP contribution in [0.1, 0.15) is 26.7 Å². The van der Waals surface area contributed by atoms with Gasteiger partial charge in [-0.1, -0.05) is 44.7 Å². The monoisotopic (exact) mass is 194 g/mol. The van der Waals surface area contributed by atoms with Crippen LogP contribution in [0.5, 0.6) is 0 Å². The normalized spacial score (nSPS) is 15.7. The summed E-state index contributed by atoms with van der Waals surface area (Å²) in [5.41, 5.74) is 0. The Kier molecular flexibility index (Phi) is 7.13. The Balaban J connectivity index is 4.04. The molecule has 1 nitrogen and oxygen atoms in total. The summed E-state index contributed by atoms with van der Waals surface area (Å²) in [4.78, 5) is 0. The Morgan fingerprint density at radius 3 is 2.36 bits per heavy atom. The Morgan fingerprint density at radius 2 is 1.93 bits per heavy atom. The molecular weight excluding hydrogens is 172 g/mol. The molecule has 0 bridgehead atoms. The van der Waals surface area contributed by atoms with E-state index >= 15 is 0 Å². The van der Waals surface area contributed by atoms with Crippen LogP contribution in [0.25, 0.3) is 0 Å². The van der Waals surface area contributed by atoms with Crippen molar-refractivity contribution in [2.45, 2.75) is 32.8 Å². The number of aliphatic hydroxyl groups excluding tert-OH is 1.